The van der Waals surface area contributed by atoms with Gasteiger partial charge in [-0.3, -0.25) is 9.36 Å². The maximum atomic E-state index is 12.1. The summed E-state index contributed by atoms with van der Waals surface area (Å²) in [4.78, 5) is 16.4. The molecule has 0 saturated heterocycles. The molecular weight excluding hydrogens is 305 g/mol. The molecule has 2 aromatic rings. The van der Waals surface area contributed by atoms with Crippen LogP contribution in [0.5, 0.6) is 5.75 Å². The summed E-state index contributed by atoms with van der Waals surface area (Å²) >= 11 is 1.32. The number of benzene rings is 1. The number of carbonyl (C=O) groups is 1. The third kappa shape index (κ3) is 4.19. The van der Waals surface area contributed by atoms with Crippen LogP contribution in [0.2, 0.25) is 0 Å². The number of nitrogens with zero attached hydrogens (tertiary/aromatic N) is 2. The average Bonchev–Trinajstić information content (AvgIpc) is 2.68. The van der Waals surface area contributed by atoms with E-state index < -0.39 is 6.36 Å². The Morgan fingerprint density at radius 2 is 1.90 bits per heavy atom. The lowest BCUT2D eigenvalue weighted by molar-refractivity contribution is -0.274. The number of alkyl halides is 3. The van der Waals surface area contributed by atoms with Crippen molar-refractivity contribution in [2.75, 3.05) is 0 Å². The molecule has 0 spiro atoms. The number of hydrogen-bond acceptors (Lipinski definition) is 3. The molecule has 8 heteroatoms. The van der Waals surface area contributed by atoms with Gasteiger partial charge < -0.3 is 4.74 Å². The first kappa shape index (κ1) is 15.3. The number of rotatable bonds is 2. The van der Waals surface area contributed by atoms with Crippen molar-refractivity contribution in [2.24, 2.45) is 4.99 Å². The van der Waals surface area contributed by atoms with Crippen molar-refractivity contribution < 1.29 is 22.7 Å². The lowest BCUT2D eigenvalue weighted by atomic mass is 10.3. The van der Waals surface area contributed by atoms with Crippen LogP contribution in [0.4, 0.5) is 13.2 Å². The predicted molar refractivity (Wildman–Crippen MR) is 71.3 cm³/mol. The minimum atomic E-state index is -4.72. The number of aromatic nitrogens is 1. The fourth-order valence-corrected chi connectivity index (χ4v) is 2.54. The van der Waals surface area contributed by atoms with Crippen molar-refractivity contribution >= 4 is 17.2 Å². The summed E-state index contributed by atoms with van der Waals surface area (Å²) in [6.45, 7) is 3.18. The highest BCUT2D eigenvalue weighted by molar-refractivity contribution is 7.09. The van der Waals surface area contributed by atoms with Gasteiger partial charge in [-0.05, 0) is 31.2 Å². The summed E-state index contributed by atoms with van der Waals surface area (Å²) in [5.41, 5.74) is 0.592. The van der Waals surface area contributed by atoms with Gasteiger partial charge in [0, 0.05) is 23.7 Å². The second kappa shape index (κ2) is 5.72. The van der Waals surface area contributed by atoms with Crippen LogP contribution in [-0.2, 0) is 4.79 Å². The van der Waals surface area contributed by atoms with E-state index in [0.29, 0.717) is 10.5 Å². The lowest BCUT2D eigenvalue weighted by Crippen LogP contribution is -2.17. The Morgan fingerprint density at radius 3 is 2.43 bits per heavy atom. The van der Waals surface area contributed by atoms with E-state index in [0.717, 1.165) is 4.88 Å². The van der Waals surface area contributed by atoms with Gasteiger partial charge in [0.2, 0.25) is 5.91 Å². The number of hydrogen-bond donors (Lipinski definition) is 0. The minimum Gasteiger partial charge on any atom is -0.406 e. The first-order valence-corrected chi connectivity index (χ1v) is 6.67. The number of amides is 1. The smallest absolute Gasteiger partial charge is 0.406 e. The highest BCUT2D eigenvalue weighted by Crippen LogP contribution is 2.23. The van der Waals surface area contributed by atoms with Crippen molar-refractivity contribution in [2.45, 2.75) is 20.2 Å². The minimum absolute atomic E-state index is 0.302. The van der Waals surface area contributed by atoms with Crippen molar-refractivity contribution in [1.82, 2.24) is 4.57 Å². The van der Waals surface area contributed by atoms with Gasteiger partial charge in [0.1, 0.15) is 5.75 Å². The highest BCUT2D eigenvalue weighted by Gasteiger charge is 2.30. The zero-order valence-electron chi connectivity index (χ0n) is 11.1. The Kier molecular flexibility index (Phi) is 4.17. The summed E-state index contributed by atoms with van der Waals surface area (Å²) in [6, 6.07) is 5.35. The number of halogens is 3. The predicted octanol–water partition coefficient (Wildman–Crippen LogP) is 3.19. The Labute approximate surface area is 122 Å². The molecule has 1 heterocycles. The summed E-state index contributed by atoms with van der Waals surface area (Å²) < 4.78 is 41.7. The molecule has 1 amide bonds. The SMILES string of the molecule is CC(=O)/N=c1\sc(C)cn1-c1ccc(OC(F)(F)F)cc1. The Bertz CT molecular complexity index is 714. The van der Waals surface area contributed by atoms with Gasteiger partial charge >= 0.3 is 6.36 Å². The van der Waals surface area contributed by atoms with Crippen LogP contribution in [0.1, 0.15) is 11.8 Å². The Morgan fingerprint density at radius 1 is 1.29 bits per heavy atom. The number of carbonyl (C=O) groups excluding carboxylic acids is 1. The molecule has 0 unspecified atom stereocenters. The molecule has 0 radical (unpaired) electrons. The monoisotopic (exact) mass is 316 g/mol. The molecule has 0 N–H and O–H groups in total. The zero-order valence-corrected chi connectivity index (χ0v) is 12.0. The molecule has 21 heavy (non-hydrogen) atoms. The van der Waals surface area contributed by atoms with Crippen LogP contribution in [0.25, 0.3) is 5.69 Å². The fourth-order valence-electron chi connectivity index (χ4n) is 1.66. The molecule has 1 aromatic heterocycles. The van der Waals surface area contributed by atoms with Crippen molar-refractivity contribution in [1.29, 1.82) is 0 Å². The Hall–Kier alpha value is -2.09. The topological polar surface area (TPSA) is 43.6 Å². The second-order valence-corrected chi connectivity index (χ2v) is 5.38. The average molecular weight is 316 g/mol. The third-order valence-electron chi connectivity index (χ3n) is 2.37. The summed E-state index contributed by atoms with van der Waals surface area (Å²) in [7, 11) is 0. The fraction of sp³-hybridized carbons (Fsp3) is 0.231. The van der Waals surface area contributed by atoms with Gasteiger partial charge in [0.05, 0.1) is 0 Å². The van der Waals surface area contributed by atoms with Crippen LogP contribution in [0.3, 0.4) is 0 Å². The maximum Gasteiger partial charge on any atom is 0.573 e. The van der Waals surface area contributed by atoms with E-state index in [2.05, 4.69) is 9.73 Å². The summed E-state index contributed by atoms with van der Waals surface area (Å²) in [5, 5.41) is 0. The van der Waals surface area contributed by atoms with Crippen LogP contribution in [-0.4, -0.2) is 16.8 Å². The normalized spacial score (nSPS) is 12.5. The van der Waals surface area contributed by atoms with Gasteiger partial charge in [-0.15, -0.1) is 24.5 Å². The van der Waals surface area contributed by atoms with Crippen LogP contribution in [0, 0.1) is 6.92 Å². The maximum absolute atomic E-state index is 12.1. The third-order valence-corrected chi connectivity index (χ3v) is 3.27. The number of thiazole rings is 1. The number of aryl methyl sites for hydroxylation is 1. The quantitative estimate of drug-likeness (QED) is 0.854. The van der Waals surface area contributed by atoms with E-state index >= 15 is 0 Å². The molecule has 1 aromatic carbocycles. The largest absolute Gasteiger partial charge is 0.573 e. The first-order valence-electron chi connectivity index (χ1n) is 5.85. The van der Waals surface area contributed by atoms with E-state index in [9.17, 15) is 18.0 Å². The van der Waals surface area contributed by atoms with Gasteiger partial charge in [-0.1, -0.05) is 0 Å². The molecule has 0 bridgehead atoms. The highest BCUT2D eigenvalue weighted by atomic mass is 32.1. The van der Waals surface area contributed by atoms with E-state index in [4.69, 9.17) is 0 Å². The van der Waals surface area contributed by atoms with E-state index in [1.165, 1.54) is 42.5 Å². The Balaban J connectivity index is 2.38. The van der Waals surface area contributed by atoms with Gasteiger partial charge in [0.25, 0.3) is 0 Å². The van der Waals surface area contributed by atoms with Gasteiger partial charge in [-0.2, -0.15) is 4.99 Å². The molecule has 2 rings (SSSR count). The first-order chi connectivity index (χ1) is 9.74. The van der Waals surface area contributed by atoms with Crippen molar-refractivity contribution in [3.63, 3.8) is 0 Å². The van der Waals surface area contributed by atoms with Crippen LogP contribution < -0.4 is 9.54 Å². The van der Waals surface area contributed by atoms with Gasteiger partial charge in [-0.25, -0.2) is 0 Å². The van der Waals surface area contributed by atoms with Gasteiger partial charge in [0.15, 0.2) is 4.80 Å². The second-order valence-electron chi connectivity index (χ2n) is 4.17. The molecule has 0 saturated carbocycles. The van der Waals surface area contributed by atoms with Crippen molar-refractivity contribution in [3.8, 4) is 11.4 Å². The van der Waals surface area contributed by atoms with E-state index in [-0.39, 0.29) is 11.7 Å². The zero-order chi connectivity index (χ0) is 15.6. The van der Waals surface area contributed by atoms with E-state index in [1.807, 2.05) is 6.92 Å². The van der Waals surface area contributed by atoms with Crippen LogP contribution in [0.15, 0.2) is 35.5 Å². The summed E-state index contributed by atoms with van der Waals surface area (Å²) in [5.74, 6) is -0.647. The molecule has 0 aliphatic rings. The summed E-state index contributed by atoms with van der Waals surface area (Å²) in [6.07, 6.45) is -2.96. The number of ether oxygens (including phenoxy) is 1. The molecule has 112 valence electrons. The molecular formula is C13H11F3N2O2S. The van der Waals surface area contributed by atoms with Crippen molar-refractivity contribution in [3.05, 3.63) is 40.1 Å². The molecule has 0 aliphatic heterocycles. The standard InChI is InChI=1S/C13H11F3N2O2S/c1-8-7-18(12(21-8)17-9(2)19)10-3-5-11(6-4-10)20-13(14,15)16/h3-7H,1-2H3/b17-12-. The lowest BCUT2D eigenvalue weighted by Gasteiger charge is -2.09. The molecule has 0 atom stereocenters. The molecule has 4 nitrogen and oxygen atoms in total. The van der Waals surface area contributed by atoms with E-state index in [1.54, 1.807) is 10.8 Å². The molecule has 0 fully saturated rings. The van der Waals surface area contributed by atoms with Crippen LogP contribution >= 0.6 is 11.3 Å². The molecule has 0 aliphatic carbocycles.